The number of para-hydroxylation sites is 1. The lowest BCUT2D eigenvalue weighted by Crippen LogP contribution is -2.33. The third-order valence-corrected chi connectivity index (χ3v) is 5.10. The van der Waals surface area contributed by atoms with E-state index in [-0.39, 0.29) is 5.12 Å². The number of pyridine rings is 1. The van der Waals surface area contributed by atoms with Gasteiger partial charge in [-0.05, 0) is 42.9 Å². The average Bonchev–Trinajstić information content (AvgIpc) is 2.61. The molecule has 0 aliphatic carbocycles. The summed E-state index contributed by atoms with van der Waals surface area (Å²) in [6.45, 7) is 2.04. The minimum absolute atomic E-state index is 0.178. The van der Waals surface area contributed by atoms with E-state index in [9.17, 15) is 4.79 Å². The molecule has 3 rings (SSSR count). The fourth-order valence-electron chi connectivity index (χ4n) is 3.08. The van der Waals surface area contributed by atoms with Crippen molar-refractivity contribution in [3.63, 3.8) is 0 Å². The zero-order valence-electron chi connectivity index (χ0n) is 13.3. The number of aromatic nitrogens is 1. The molecule has 3 heteroatoms. The van der Waals surface area contributed by atoms with E-state index in [4.69, 9.17) is 0 Å². The summed E-state index contributed by atoms with van der Waals surface area (Å²) in [5.74, 6) is 0. The van der Waals surface area contributed by atoms with Crippen LogP contribution in [0.15, 0.2) is 66.9 Å². The molecule has 0 spiro atoms. The minimum atomic E-state index is -0.580. The number of benzene rings is 2. The van der Waals surface area contributed by atoms with Gasteiger partial charge >= 0.3 is 0 Å². The van der Waals surface area contributed by atoms with Crippen molar-refractivity contribution >= 4 is 27.8 Å². The molecule has 0 radical (unpaired) electrons. The summed E-state index contributed by atoms with van der Waals surface area (Å²) in [6.07, 6.45) is 4.34. The van der Waals surface area contributed by atoms with E-state index < -0.39 is 5.41 Å². The minimum Gasteiger partial charge on any atom is -0.286 e. The highest BCUT2D eigenvalue weighted by atomic mass is 32.2. The average molecular weight is 321 g/mol. The van der Waals surface area contributed by atoms with Crippen molar-refractivity contribution in [2.24, 2.45) is 0 Å². The van der Waals surface area contributed by atoms with Gasteiger partial charge < -0.3 is 0 Å². The predicted molar refractivity (Wildman–Crippen MR) is 97.8 cm³/mol. The molecule has 0 saturated carbocycles. The van der Waals surface area contributed by atoms with Crippen LogP contribution in [-0.2, 0) is 16.6 Å². The van der Waals surface area contributed by atoms with Gasteiger partial charge in [-0.25, -0.2) is 0 Å². The third-order valence-electron chi connectivity index (χ3n) is 4.28. The van der Waals surface area contributed by atoms with Crippen molar-refractivity contribution in [1.82, 2.24) is 4.98 Å². The second kappa shape index (κ2) is 6.55. The Balaban J connectivity index is 2.17. The molecule has 0 fully saturated rings. The summed E-state index contributed by atoms with van der Waals surface area (Å²) in [6, 6.07) is 20.2. The molecular weight excluding hydrogens is 302 g/mol. The van der Waals surface area contributed by atoms with E-state index in [1.54, 1.807) is 6.20 Å². The highest BCUT2D eigenvalue weighted by molar-refractivity contribution is 8.13. The first-order valence-electron chi connectivity index (χ1n) is 7.62. The van der Waals surface area contributed by atoms with Gasteiger partial charge in [0.05, 0.1) is 10.9 Å². The highest BCUT2D eigenvalue weighted by Gasteiger charge is 2.36. The van der Waals surface area contributed by atoms with Crippen LogP contribution < -0.4 is 0 Å². The van der Waals surface area contributed by atoms with Crippen molar-refractivity contribution in [2.45, 2.75) is 18.8 Å². The van der Waals surface area contributed by atoms with E-state index in [1.807, 2.05) is 55.6 Å². The number of thioether (sulfide) groups is 1. The quantitative estimate of drug-likeness (QED) is 0.702. The van der Waals surface area contributed by atoms with E-state index >= 15 is 0 Å². The molecule has 0 bridgehead atoms. The third kappa shape index (κ3) is 3.02. The van der Waals surface area contributed by atoms with Gasteiger partial charge in [0.15, 0.2) is 5.12 Å². The Hall–Kier alpha value is -2.13. The molecule has 1 unspecified atom stereocenters. The van der Waals surface area contributed by atoms with Gasteiger partial charge in [0.2, 0.25) is 0 Å². The smallest absolute Gasteiger partial charge is 0.199 e. The molecule has 23 heavy (non-hydrogen) atoms. The molecule has 2 nitrogen and oxygen atoms in total. The fourth-order valence-corrected chi connectivity index (χ4v) is 3.72. The predicted octanol–water partition coefficient (Wildman–Crippen LogP) is 4.62. The maximum Gasteiger partial charge on any atom is 0.199 e. The first-order valence-corrected chi connectivity index (χ1v) is 8.84. The van der Waals surface area contributed by atoms with Gasteiger partial charge in [-0.2, -0.15) is 0 Å². The molecule has 3 aromatic rings. The monoisotopic (exact) mass is 321 g/mol. The summed E-state index contributed by atoms with van der Waals surface area (Å²) >= 11 is 1.30. The van der Waals surface area contributed by atoms with Crippen LogP contribution >= 0.6 is 11.8 Å². The lowest BCUT2D eigenvalue weighted by atomic mass is 9.77. The first kappa shape index (κ1) is 15.8. The van der Waals surface area contributed by atoms with Crippen LogP contribution in [-0.4, -0.2) is 16.4 Å². The first-order chi connectivity index (χ1) is 11.1. The van der Waals surface area contributed by atoms with E-state index in [2.05, 4.69) is 23.2 Å². The van der Waals surface area contributed by atoms with Crippen LogP contribution in [0.3, 0.4) is 0 Å². The number of carbonyl (C=O) groups is 1. The molecule has 0 aliphatic rings. The van der Waals surface area contributed by atoms with E-state index in [0.29, 0.717) is 6.42 Å². The van der Waals surface area contributed by atoms with Crippen molar-refractivity contribution in [3.05, 3.63) is 78.0 Å². The Morgan fingerprint density at radius 2 is 1.74 bits per heavy atom. The maximum atomic E-state index is 12.8. The molecule has 1 heterocycles. The molecule has 0 amide bonds. The second-order valence-corrected chi connectivity index (χ2v) is 6.64. The normalized spacial score (nSPS) is 13.7. The Morgan fingerprint density at radius 3 is 2.48 bits per heavy atom. The molecule has 0 saturated heterocycles. The van der Waals surface area contributed by atoms with Crippen molar-refractivity contribution in [2.75, 3.05) is 6.26 Å². The highest BCUT2D eigenvalue weighted by Crippen LogP contribution is 2.36. The number of carbonyl (C=O) groups excluding carboxylic acids is 1. The second-order valence-electron chi connectivity index (χ2n) is 5.86. The molecule has 0 N–H and O–H groups in total. The molecule has 1 aromatic heterocycles. The van der Waals surface area contributed by atoms with Gasteiger partial charge in [-0.1, -0.05) is 60.3 Å². The molecular formula is C20H19NOS. The molecule has 116 valence electrons. The van der Waals surface area contributed by atoms with Crippen LogP contribution in [0.2, 0.25) is 0 Å². The lowest BCUT2D eigenvalue weighted by Gasteiger charge is -2.29. The fraction of sp³-hybridized carbons (Fsp3) is 0.200. The standard InChI is InChI=1S/C20H19NOS/c1-20(19(22)23-2,14-15-8-4-3-5-9-15)17-12-13-21-18-11-7-6-10-16(17)18/h3-13H,14H2,1-2H3. The van der Waals surface area contributed by atoms with E-state index in [0.717, 1.165) is 16.5 Å². The number of hydrogen-bond donors (Lipinski definition) is 0. The SMILES string of the molecule is CSC(=O)C(C)(Cc1ccccc1)c1ccnc2ccccc12. The van der Waals surface area contributed by atoms with Crippen molar-refractivity contribution in [3.8, 4) is 0 Å². The van der Waals surface area contributed by atoms with Crippen LogP contribution in [0.1, 0.15) is 18.1 Å². The zero-order valence-corrected chi connectivity index (χ0v) is 14.1. The summed E-state index contributed by atoms with van der Waals surface area (Å²) < 4.78 is 0. The lowest BCUT2D eigenvalue weighted by molar-refractivity contribution is -0.115. The molecule has 0 aliphatic heterocycles. The Morgan fingerprint density at radius 1 is 1.04 bits per heavy atom. The van der Waals surface area contributed by atoms with Crippen LogP contribution in [0.25, 0.3) is 10.9 Å². The number of rotatable bonds is 4. The number of fused-ring (bicyclic) bond motifs is 1. The van der Waals surface area contributed by atoms with Crippen molar-refractivity contribution < 1.29 is 4.79 Å². The van der Waals surface area contributed by atoms with Crippen LogP contribution in [0.5, 0.6) is 0 Å². The summed E-state index contributed by atoms with van der Waals surface area (Å²) in [4.78, 5) is 17.3. The summed E-state index contributed by atoms with van der Waals surface area (Å²) in [5, 5.41) is 1.23. The van der Waals surface area contributed by atoms with Gasteiger partial charge in [0, 0.05) is 11.6 Å². The van der Waals surface area contributed by atoms with Gasteiger partial charge in [-0.15, -0.1) is 0 Å². The molecule has 2 aromatic carbocycles. The van der Waals surface area contributed by atoms with Crippen LogP contribution in [0.4, 0.5) is 0 Å². The molecule has 1 atom stereocenters. The van der Waals surface area contributed by atoms with Crippen molar-refractivity contribution in [1.29, 1.82) is 0 Å². The van der Waals surface area contributed by atoms with Gasteiger partial charge in [-0.3, -0.25) is 9.78 Å². The Labute approximate surface area is 140 Å². The zero-order chi connectivity index (χ0) is 16.3. The Bertz CT molecular complexity index is 826. The Kier molecular flexibility index (Phi) is 4.49. The van der Waals surface area contributed by atoms with Crippen LogP contribution in [0, 0.1) is 0 Å². The summed E-state index contributed by atoms with van der Waals surface area (Å²) in [5.41, 5.74) is 2.56. The maximum absolute atomic E-state index is 12.8. The topological polar surface area (TPSA) is 30.0 Å². The van der Waals surface area contributed by atoms with Gasteiger partial charge in [0.25, 0.3) is 0 Å². The van der Waals surface area contributed by atoms with E-state index in [1.165, 1.54) is 17.3 Å². The van der Waals surface area contributed by atoms with Gasteiger partial charge in [0.1, 0.15) is 0 Å². The number of nitrogens with zero attached hydrogens (tertiary/aromatic N) is 1. The summed E-state index contributed by atoms with van der Waals surface area (Å²) in [7, 11) is 0. The largest absolute Gasteiger partial charge is 0.286 e. The number of hydrogen-bond acceptors (Lipinski definition) is 3.